The molecule has 0 aromatic carbocycles. The second-order valence-electron chi connectivity index (χ2n) is 9.02. The molecule has 0 aromatic rings. The zero-order valence-corrected chi connectivity index (χ0v) is 16.8. The Hall–Kier alpha value is -1.12. The van der Waals surface area contributed by atoms with Gasteiger partial charge < -0.3 is 14.2 Å². The van der Waals surface area contributed by atoms with E-state index in [2.05, 4.69) is 4.74 Å². The number of hydrogen-bond donors (Lipinski definition) is 1. The predicted molar refractivity (Wildman–Crippen MR) is 88.0 cm³/mol. The SMILES string of the molecule is O=C(OCC(F)(F)S(=O)(=O)O)C12CC3CC(C1)C1(OCC(F)(F)C(F)(F)CO1)[C@@H](C3)C2. The minimum absolute atomic E-state index is 0.0899. The van der Waals surface area contributed by atoms with Gasteiger partial charge in [-0.2, -0.15) is 34.8 Å². The first-order valence-electron chi connectivity index (χ1n) is 9.59. The summed E-state index contributed by atoms with van der Waals surface area (Å²) in [6.07, 6.45) is 0.757. The molecule has 5 fully saturated rings. The number of alkyl halides is 6. The lowest BCUT2D eigenvalue weighted by Crippen LogP contribution is -2.65. The summed E-state index contributed by atoms with van der Waals surface area (Å²) < 4.78 is 127. The van der Waals surface area contributed by atoms with Crippen LogP contribution in [-0.2, 0) is 29.1 Å². The molecular formula is C17H20F6O7S. The predicted octanol–water partition coefficient (Wildman–Crippen LogP) is 2.85. The summed E-state index contributed by atoms with van der Waals surface area (Å²) in [5.74, 6) is -13.3. The Morgan fingerprint density at radius 3 is 1.94 bits per heavy atom. The van der Waals surface area contributed by atoms with Gasteiger partial charge in [0, 0.05) is 11.8 Å². The highest BCUT2D eigenvalue weighted by Gasteiger charge is 2.70. The first-order chi connectivity index (χ1) is 14.0. The third-order valence-corrected chi connectivity index (χ3v) is 7.88. The van der Waals surface area contributed by atoms with Gasteiger partial charge in [0.25, 0.3) is 0 Å². The van der Waals surface area contributed by atoms with Gasteiger partial charge in [0.2, 0.25) is 0 Å². The third-order valence-electron chi connectivity index (χ3n) is 7.00. The quantitative estimate of drug-likeness (QED) is 0.374. The fourth-order valence-corrected chi connectivity index (χ4v) is 5.89. The van der Waals surface area contributed by atoms with Crippen LogP contribution in [0.4, 0.5) is 26.3 Å². The molecule has 4 aliphatic carbocycles. The first-order valence-corrected chi connectivity index (χ1v) is 11.0. The topological polar surface area (TPSA) is 99.1 Å². The summed E-state index contributed by atoms with van der Waals surface area (Å²) in [6.45, 7) is -5.01. The van der Waals surface area contributed by atoms with Gasteiger partial charge in [-0.1, -0.05) is 0 Å². The van der Waals surface area contributed by atoms with Crippen LogP contribution in [0.2, 0.25) is 0 Å². The van der Waals surface area contributed by atoms with E-state index in [4.69, 9.17) is 14.0 Å². The largest absolute Gasteiger partial charge is 0.458 e. The van der Waals surface area contributed by atoms with Gasteiger partial charge in [-0.3, -0.25) is 9.35 Å². The monoisotopic (exact) mass is 482 g/mol. The zero-order valence-electron chi connectivity index (χ0n) is 16.0. The van der Waals surface area contributed by atoms with E-state index in [-0.39, 0.29) is 25.2 Å². The molecule has 1 saturated heterocycles. The van der Waals surface area contributed by atoms with Crippen LogP contribution >= 0.6 is 0 Å². The highest BCUT2D eigenvalue weighted by atomic mass is 32.2. The maximum Gasteiger partial charge on any atom is 0.402 e. The van der Waals surface area contributed by atoms with Crippen LogP contribution in [0.25, 0.3) is 0 Å². The Morgan fingerprint density at radius 1 is 1.00 bits per heavy atom. The van der Waals surface area contributed by atoms with E-state index in [0.29, 0.717) is 12.8 Å². The fourth-order valence-electron chi connectivity index (χ4n) is 5.68. The Labute approximate surface area is 173 Å². The molecule has 7 nitrogen and oxygen atoms in total. The molecule has 178 valence electrons. The lowest BCUT2D eigenvalue weighted by Gasteiger charge is -2.62. The average Bonchev–Trinajstić information content (AvgIpc) is 2.72. The van der Waals surface area contributed by atoms with Crippen molar-refractivity contribution >= 4 is 16.1 Å². The van der Waals surface area contributed by atoms with Crippen molar-refractivity contribution in [3.05, 3.63) is 0 Å². The highest BCUT2D eigenvalue weighted by Crippen LogP contribution is 2.66. The molecule has 3 unspecified atom stereocenters. The lowest BCUT2D eigenvalue weighted by molar-refractivity contribution is -0.346. The molecule has 1 aliphatic heterocycles. The third kappa shape index (κ3) is 3.44. The smallest absolute Gasteiger partial charge is 0.402 e. The average molecular weight is 482 g/mol. The lowest BCUT2D eigenvalue weighted by atomic mass is 9.47. The molecule has 0 aromatic heterocycles. The van der Waals surface area contributed by atoms with E-state index in [1.165, 1.54) is 0 Å². The van der Waals surface area contributed by atoms with Gasteiger partial charge in [0.15, 0.2) is 12.4 Å². The van der Waals surface area contributed by atoms with Crippen LogP contribution < -0.4 is 0 Å². The van der Waals surface area contributed by atoms with Crippen molar-refractivity contribution < 1.29 is 58.3 Å². The molecule has 5 rings (SSSR count). The maximum absolute atomic E-state index is 13.8. The number of carbonyl (C=O) groups excluding carboxylic acids is 1. The number of rotatable bonds is 4. The molecular weight excluding hydrogens is 462 g/mol. The first kappa shape index (κ1) is 23.1. The minimum atomic E-state index is -5.80. The van der Waals surface area contributed by atoms with Crippen molar-refractivity contribution in [1.82, 2.24) is 0 Å². The van der Waals surface area contributed by atoms with E-state index < -0.39 is 76.0 Å². The summed E-state index contributed by atoms with van der Waals surface area (Å²) >= 11 is 0. The molecule has 14 heteroatoms. The number of ether oxygens (including phenoxy) is 3. The number of carbonyl (C=O) groups is 1. The molecule has 0 radical (unpaired) electrons. The van der Waals surface area contributed by atoms with Gasteiger partial charge in [-0.05, 0) is 38.0 Å². The number of halogens is 6. The van der Waals surface area contributed by atoms with Crippen molar-refractivity contribution in [2.24, 2.45) is 23.2 Å². The van der Waals surface area contributed by atoms with E-state index in [1.807, 2.05) is 0 Å². The van der Waals surface area contributed by atoms with Crippen LogP contribution in [0.3, 0.4) is 0 Å². The Bertz CT molecular complexity index is 840. The highest BCUT2D eigenvalue weighted by molar-refractivity contribution is 7.86. The number of esters is 1. The summed E-state index contributed by atoms with van der Waals surface area (Å²) in [5, 5.41) is -4.70. The molecule has 4 atom stereocenters. The molecule has 4 bridgehead atoms. The Morgan fingerprint density at radius 2 is 1.48 bits per heavy atom. The summed E-state index contributed by atoms with van der Waals surface area (Å²) in [4.78, 5) is 12.7. The van der Waals surface area contributed by atoms with Gasteiger partial charge in [-0.15, -0.1) is 0 Å². The molecule has 1 spiro atoms. The van der Waals surface area contributed by atoms with Crippen molar-refractivity contribution in [3.63, 3.8) is 0 Å². The van der Waals surface area contributed by atoms with E-state index in [0.717, 1.165) is 0 Å². The van der Waals surface area contributed by atoms with Gasteiger partial charge in [0.05, 0.1) is 5.41 Å². The maximum atomic E-state index is 13.8. The summed E-state index contributed by atoms with van der Waals surface area (Å²) in [6, 6.07) is 0. The standard InChI is InChI=1S/C17H20F6O7S/c18-14(19)6-29-17(30-7-15(14,20)21)10-1-9-2-11(17)5-13(3-9,4-10)12(24)28-8-16(22,23)31(25,26)27/h9-11H,1-8H2,(H,25,26,27)/t9?,10-,11?,13?/m0/s1. The summed E-state index contributed by atoms with van der Waals surface area (Å²) in [5.41, 5.74) is -1.32. The minimum Gasteiger partial charge on any atom is -0.458 e. The molecule has 1 heterocycles. The van der Waals surface area contributed by atoms with Crippen LogP contribution in [-0.4, -0.2) is 61.6 Å². The van der Waals surface area contributed by atoms with Crippen LogP contribution in [0.1, 0.15) is 32.1 Å². The van der Waals surface area contributed by atoms with Crippen LogP contribution in [0.15, 0.2) is 0 Å². The second-order valence-corrected chi connectivity index (χ2v) is 10.6. The Balaban J connectivity index is 1.54. The van der Waals surface area contributed by atoms with Crippen molar-refractivity contribution in [1.29, 1.82) is 0 Å². The number of hydrogen-bond acceptors (Lipinski definition) is 6. The molecule has 4 saturated carbocycles. The summed E-state index contributed by atoms with van der Waals surface area (Å²) in [7, 11) is -5.80. The van der Waals surface area contributed by atoms with Gasteiger partial charge in [0.1, 0.15) is 13.2 Å². The Kier molecular flexibility index (Phi) is 4.98. The molecule has 31 heavy (non-hydrogen) atoms. The second kappa shape index (κ2) is 6.70. The normalized spacial score (nSPS) is 38.1. The van der Waals surface area contributed by atoms with Crippen molar-refractivity contribution in [2.45, 2.75) is 55.0 Å². The fraction of sp³-hybridized carbons (Fsp3) is 0.941. The van der Waals surface area contributed by atoms with Crippen molar-refractivity contribution in [2.75, 3.05) is 19.8 Å². The van der Waals surface area contributed by atoms with Crippen LogP contribution in [0, 0.1) is 23.2 Å². The zero-order chi connectivity index (χ0) is 23.1. The molecule has 1 N–H and O–H groups in total. The van der Waals surface area contributed by atoms with Gasteiger partial charge >= 0.3 is 33.2 Å². The molecule has 5 aliphatic rings. The van der Waals surface area contributed by atoms with Gasteiger partial charge in [-0.25, -0.2) is 0 Å². The van der Waals surface area contributed by atoms with Crippen LogP contribution in [0.5, 0.6) is 0 Å². The van der Waals surface area contributed by atoms with E-state index in [9.17, 15) is 39.6 Å². The van der Waals surface area contributed by atoms with E-state index >= 15 is 0 Å². The van der Waals surface area contributed by atoms with Crippen molar-refractivity contribution in [3.8, 4) is 0 Å². The molecule has 0 amide bonds. The van der Waals surface area contributed by atoms with E-state index in [1.54, 1.807) is 0 Å².